The molecular weight excluding hydrogens is 360 g/mol. The summed E-state index contributed by atoms with van der Waals surface area (Å²) < 4.78 is 0.972. The van der Waals surface area contributed by atoms with Crippen LogP contribution in [0.3, 0.4) is 0 Å². The van der Waals surface area contributed by atoms with E-state index < -0.39 is 0 Å². The second kappa shape index (κ2) is 8.46. The zero-order valence-electron chi connectivity index (χ0n) is 12.9. The summed E-state index contributed by atoms with van der Waals surface area (Å²) in [6, 6.07) is 12.0. The lowest BCUT2D eigenvalue weighted by molar-refractivity contribution is 0.0955. The molecule has 0 aliphatic heterocycles. The van der Waals surface area contributed by atoms with Crippen LogP contribution in [-0.4, -0.2) is 23.9 Å². The first-order valence-electron chi connectivity index (χ1n) is 7.46. The summed E-state index contributed by atoms with van der Waals surface area (Å²) in [5, 5.41) is 3.01. The van der Waals surface area contributed by atoms with Crippen molar-refractivity contribution >= 4 is 33.2 Å². The number of carbonyl (C=O) groups excluding carboxylic acids is 1. The van der Waals surface area contributed by atoms with Crippen LogP contribution in [0.15, 0.2) is 40.2 Å². The van der Waals surface area contributed by atoms with E-state index in [1.165, 1.54) is 22.5 Å². The number of thiophene rings is 1. The van der Waals surface area contributed by atoms with Gasteiger partial charge in [-0.05, 0) is 52.3 Å². The van der Waals surface area contributed by atoms with Gasteiger partial charge >= 0.3 is 0 Å². The summed E-state index contributed by atoms with van der Waals surface area (Å²) in [5.41, 5.74) is 2.46. The first-order chi connectivity index (χ1) is 10.6. The van der Waals surface area contributed by atoms with E-state index in [1.807, 2.05) is 18.2 Å². The van der Waals surface area contributed by atoms with Crippen LogP contribution in [-0.2, 0) is 13.1 Å². The van der Waals surface area contributed by atoms with Crippen LogP contribution in [0.2, 0.25) is 0 Å². The average molecular weight is 381 g/mol. The maximum absolute atomic E-state index is 12.1. The summed E-state index contributed by atoms with van der Waals surface area (Å²) >= 11 is 4.83. The van der Waals surface area contributed by atoms with Gasteiger partial charge < -0.3 is 5.32 Å². The molecule has 1 amide bonds. The number of nitrogens with one attached hydrogen (secondary N) is 1. The first kappa shape index (κ1) is 17.2. The van der Waals surface area contributed by atoms with Gasteiger partial charge in [0, 0.05) is 13.1 Å². The van der Waals surface area contributed by atoms with E-state index in [4.69, 9.17) is 0 Å². The number of nitrogens with zero attached hydrogens (tertiary/aromatic N) is 1. The van der Waals surface area contributed by atoms with Crippen molar-refractivity contribution in [2.45, 2.75) is 26.9 Å². The molecule has 2 rings (SSSR count). The molecule has 0 spiro atoms. The summed E-state index contributed by atoms with van der Waals surface area (Å²) in [4.78, 5) is 15.2. The lowest BCUT2D eigenvalue weighted by Gasteiger charge is -2.20. The summed E-state index contributed by atoms with van der Waals surface area (Å²) in [7, 11) is 0. The third kappa shape index (κ3) is 4.66. The zero-order valence-corrected chi connectivity index (χ0v) is 15.3. The molecule has 1 N–H and O–H groups in total. The van der Waals surface area contributed by atoms with Crippen molar-refractivity contribution in [1.29, 1.82) is 0 Å². The number of hydrogen-bond donors (Lipinski definition) is 1. The molecule has 0 aliphatic carbocycles. The van der Waals surface area contributed by atoms with Gasteiger partial charge in [0.2, 0.25) is 0 Å². The lowest BCUT2D eigenvalue weighted by atomic mass is 10.1. The fraction of sp³-hybridized carbons (Fsp3) is 0.353. The standard InChI is InChI=1S/C17H21BrN2OS/c1-3-20(4-2)12-14-8-6-5-7-13(14)11-19-17(21)15-9-10-16(18)22-15/h5-10H,3-4,11-12H2,1-2H3,(H,19,21). The Morgan fingerprint density at radius 2 is 1.82 bits per heavy atom. The molecule has 0 unspecified atom stereocenters. The number of halogens is 1. The molecule has 0 radical (unpaired) electrons. The number of benzene rings is 1. The highest BCUT2D eigenvalue weighted by Gasteiger charge is 2.10. The average Bonchev–Trinajstić information content (AvgIpc) is 2.97. The van der Waals surface area contributed by atoms with Gasteiger partial charge in [-0.1, -0.05) is 38.1 Å². The maximum Gasteiger partial charge on any atom is 0.261 e. The Labute approximate surface area is 144 Å². The number of hydrogen-bond acceptors (Lipinski definition) is 3. The molecule has 118 valence electrons. The van der Waals surface area contributed by atoms with Gasteiger partial charge in [0.05, 0.1) is 8.66 Å². The van der Waals surface area contributed by atoms with Gasteiger partial charge in [-0.15, -0.1) is 11.3 Å². The summed E-state index contributed by atoms with van der Waals surface area (Å²) in [5.74, 6) is -0.0201. The van der Waals surface area contributed by atoms with Crippen LogP contribution in [0.1, 0.15) is 34.6 Å². The van der Waals surface area contributed by atoms with Crippen LogP contribution in [0.5, 0.6) is 0 Å². The molecule has 1 aromatic carbocycles. The number of amides is 1. The third-order valence-corrected chi connectivity index (χ3v) is 5.27. The molecule has 22 heavy (non-hydrogen) atoms. The molecule has 5 heteroatoms. The SMILES string of the molecule is CCN(CC)Cc1ccccc1CNC(=O)c1ccc(Br)s1. The molecule has 0 aliphatic rings. The Bertz CT molecular complexity index is 623. The highest BCUT2D eigenvalue weighted by atomic mass is 79.9. The molecule has 3 nitrogen and oxygen atoms in total. The van der Waals surface area contributed by atoms with E-state index in [-0.39, 0.29) is 5.91 Å². The van der Waals surface area contributed by atoms with Gasteiger partial charge in [-0.25, -0.2) is 0 Å². The second-order valence-corrected chi connectivity index (χ2v) is 7.48. The van der Waals surface area contributed by atoms with E-state index in [9.17, 15) is 4.79 Å². The van der Waals surface area contributed by atoms with Crippen molar-refractivity contribution in [1.82, 2.24) is 10.2 Å². The highest BCUT2D eigenvalue weighted by Crippen LogP contribution is 2.22. The number of rotatable bonds is 7. The molecule has 0 fully saturated rings. The first-order valence-corrected chi connectivity index (χ1v) is 9.07. The largest absolute Gasteiger partial charge is 0.347 e. The van der Waals surface area contributed by atoms with Gasteiger partial charge in [0.25, 0.3) is 5.91 Å². The summed E-state index contributed by atoms with van der Waals surface area (Å²) in [6.45, 7) is 7.88. The molecule has 0 atom stereocenters. The highest BCUT2D eigenvalue weighted by molar-refractivity contribution is 9.11. The molecule has 0 saturated carbocycles. The second-order valence-electron chi connectivity index (χ2n) is 5.02. The molecule has 0 saturated heterocycles. The topological polar surface area (TPSA) is 32.3 Å². The van der Waals surface area contributed by atoms with Gasteiger partial charge in [-0.2, -0.15) is 0 Å². The van der Waals surface area contributed by atoms with Gasteiger partial charge in [0.1, 0.15) is 0 Å². The molecule has 2 aromatic rings. The van der Waals surface area contributed by atoms with Crippen LogP contribution in [0.25, 0.3) is 0 Å². The fourth-order valence-corrected chi connectivity index (χ4v) is 3.57. The Hall–Kier alpha value is -1.17. The zero-order chi connectivity index (χ0) is 15.9. The van der Waals surface area contributed by atoms with Crippen molar-refractivity contribution in [2.24, 2.45) is 0 Å². The lowest BCUT2D eigenvalue weighted by Crippen LogP contribution is -2.25. The van der Waals surface area contributed by atoms with E-state index in [1.54, 1.807) is 0 Å². The normalized spacial score (nSPS) is 10.9. The smallest absolute Gasteiger partial charge is 0.261 e. The van der Waals surface area contributed by atoms with E-state index in [2.05, 4.69) is 58.2 Å². The molecule has 1 aromatic heterocycles. The predicted molar refractivity (Wildman–Crippen MR) is 96.3 cm³/mol. The molecule has 0 bridgehead atoms. The molecular formula is C17H21BrN2OS. The van der Waals surface area contributed by atoms with Gasteiger partial charge in [0.15, 0.2) is 0 Å². The predicted octanol–water partition coefficient (Wildman–Crippen LogP) is 4.28. The Morgan fingerprint density at radius 3 is 2.41 bits per heavy atom. The van der Waals surface area contributed by atoms with Crippen molar-refractivity contribution in [3.8, 4) is 0 Å². The maximum atomic E-state index is 12.1. The fourth-order valence-electron chi connectivity index (χ4n) is 2.27. The van der Waals surface area contributed by atoms with E-state index >= 15 is 0 Å². The monoisotopic (exact) mass is 380 g/mol. The van der Waals surface area contributed by atoms with Crippen molar-refractivity contribution in [3.63, 3.8) is 0 Å². The Kier molecular flexibility index (Phi) is 6.61. The third-order valence-electron chi connectivity index (χ3n) is 3.64. The van der Waals surface area contributed by atoms with Crippen LogP contribution >= 0.6 is 27.3 Å². The van der Waals surface area contributed by atoms with Gasteiger partial charge in [-0.3, -0.25) is 9.69 Å². The number of carbonyl (C=O) groups is 1. The van der Waals surface area contributed by atoms with Crippen LogP contribution < -0.4 is 5.32 Å². The minimum atomic E-state index is -0.0201. The minimum Gasteiger partial charge on any atom is -0.347 e. The van der Waals surface area contributed by atoms with Crippen molar-refractivity contribution < 1.29 is 4.79 Å². The Balaban J connectivity index is 2.02. The minimum absolute atomic E-state index is 0.0201. The summed E-state index contributed by atoms with van der Waals surface area (Å²) in [6.07, 6.45) is 0. The van der Waals surface area contributed by atoms with Crippen molar-refractivity contribution in [3.05, 3.63) is 56.2 Å². The molecule has 1 heterocycles. The van der Waals surface area contributed by atoms with E-state index in [0.29, 0.717) is 6.54 Å². The Morgan fingerprint density at radius 1 is 1.14 bits per heavy atom. The van der Waals surface area contributed by atoms with Crippen LogP contribution in [0.4, 0.5) is 0 Å². The van der Waals surface area contributed by atoms with Crippen molar-refractivity contribution in [2.75, 3.05) is 13.1 Å². The quantitative estimate of drug-likeness (QED) is 0.776. The van der Waals surface area contributed by atoms with Crippen LogP contribution in [0, 0.1) is 0 Å². The van der Waals surface area contributed by atoms with E-state index in [0.717, 1.165) is 28.3 Å².